The Morgan fingerprint density at radius 1 is 1.54 bits per heavy atom. The summed E-state index contributed by atoms with van der Waals surface area (Å²) < 4.78 is 26.5. The maximum absolute atomic E-state index is 13.3. The zero-order valence-corrected chi connectivity index (χ0v) is 14.1. The number of pyridine rings is 1. The van der Waals surface area contributed by atoms with E-state index in [1.54, 1.807) is 13.0 Å². The molecule has 1 heterocycles. The second-order valence-electron chi connectivity index (χ2n) is 6.77. The number of hydrogen-bond acceptors (Lipinski definition) is 4. The van der Waals surface area contributed by atoms with E-state index in [2.05, 4.69) is 4.98 Å². The molecule has 7 heteroatoms. The number of nitrogens with zero attached hydrogens (tertiary/aromatic N) is 2. The molecule has 2 rings (SSSR count). The van der Waals surface area contributed by atoms with Gasteiger partial charge in [-0.05, 0) is 30.0 Å². The summed E-state index contributed by atoms with van der Waals surface area (Å²) in [5.74, 6) is -2.91. The zero-order valence-electron chi connectivity index (χ0n) is 14.1. The van der Waals surface area contributed by atoms with Gasteiger partial charge in [0.1, 0.15) is 0 Å². The highest BCUT2D eigenvalue weighted by atomic mass is 19.3. The van der Waals surface area contributed by atoms with Gasteiger partial charge in [0.2, 0.25) is 0 Å². The molecule has 132 valence electrons. The van der Waals surface area contributed by atoms with E-state index in [4.69, 9.17) is 10.8 Å². The van der Waals surface area contributed by atoms with Crippen LogP contribution in [0.4, 0.5) is 20.3 Å². The molecule has 3 N–H and O–H groups in total. The molecule has 0 atom stereocenters. The summed E-state index contributed by atoms with van der Waals surface area (Å²) in [6.45, 7) is 6.26. The maximum atomic E-state index is 13.3. The molecule has 5 nitrogen and oxygen atoms in total. The highest BCUT2D eigenvalue weighted by Gasteiger charge is 2.48. The first-order chi connectivity index (χ1) is 11.1. The third-order valence-corrected chi connectivity index (χ3v) is 4.03. The van der Waals surface area contributed by atoms with E-state index in [1.807, 2.05) is 18.7 Å². The number of carboxylic acids is 1. The van der Waals surface area contributed by atoms with Gasteiger partial charge in [-0.2, -0.15) is 0 Å². The molecule has 24 heavy (non-hydrogen) atoms. The van der Waals surface area contributed by atoms with Gasteiger partial charge in [0, 0.05) is 37.7 Å². The zero-order chi connectivity index (χ0) is 18.1. The second kappa shape index (κ2) is 6.75. The van der Waals surface area contributed by atoms with Crippen LogP contribution in [-0.2, 0) is 4.79 Å². The van der Waals surface area contributed by atoms with Crippen molar-refractivity contribution in [3.8, 4) is 0 Å². The van der Waals surface area contributed by atoms with Gasteiger partial charge in [0.15, 0.2) is 5.82 Å². The number of carboxylic acid groups (broad SMARTS) is 1. The first-order valence-corrected chi connectivity index (χ1v) is 7.90. The van der Waals surface area contributed by atoms with Crippen LogP contribution in [-0.4, -0.2) is 34.6 Å². The van der Waals surface area contributed by atoms with Crippen LogP contribution in [0.15, 0.2) is 18.3 Å². The SMILES string of the molecule is CC(=CC(=O)O)c1cnc(N(CC(C)C)C2CC(F)(F)C2)c(N)c1. The largest absolute Gasteiger partial charge is 0.478 e. The van der Waals surface area contributed by atoms with Crippen molar-refractivity contribution in [1.82, 2.24) is 4.98 Å². The fourth-order valence-corrected chi connectivity index (χ4v) is 2.85. The van der Waals surface area contributed by atoms with Gasteiger partial charge in [-0.25, -0.2) is 18.6 Å². The third kappa shape index (κ3) is 4.21. The normalized spacial score (nSPS) is 17.7. The van der Waals surface area contributed by atoms with E-state index in [0.717, 1.165) is 6.08 Å². The molecule has 1 aliphatic rings. The quantitative estimate of drug-likeness (QED) is 0.777. The molecular formula is C17H23F2N3O2. The molecule has 0 amide bonds. The van der Waals surface area contributed by atoms with Crippen LogP contribution in [0.1, 0.15) is 39.2 Å². The number of hydrogen-bond donors (Lipinski definition) is 2. The smallest absolute Gasteiger partial charge is 0.328 e. The molecule has 1 saturated carbocycles. The van der Waals surface area contributed by atoms with Crippen LogP contribution in [0.25, 0.3) is 5.57 Å². The van der Waals surface area contributed by atoms with Gasteiger partial charge in [-0.15, -0.1) is 0 Å². The minimum Gasteiger partial charge on any atom is -0.478 e. The number of allylic oxidation sites excluding steroid dienone is 1. The van der Waals surface area contributed by atoms with E-state index in [0.29, 0.717) is 29.2 Å². The minimum absolute atomic E-state index is 0.194. The molecule has 1 fully saturated rings. The topological polar surface area (TPSA) is 79.5 Å². The average Bonchev–Trinajstić information content (AvgIpc) is 2.41. The number of nitrogens with two attached hydrogens (primary N) is 1. The van der Waals surface area contributed by atoms with Crippen molar-refractivity contribution in [1.29, 1.82) is 0 Å². The molecular weight excluding hydrogens is 316 g/mol. The number of carbonyl (C=O) groups is 1. The summed E-state index contributed by atoms with van der Waals surface area (Å²) in [6.07, 6.45) is 2.22. The summed E-state index contributed by atoms with van der Waals surface area (Å²) in [7, 11) is 0. The summed E-state index contributed by atoms with van der Waals surface area (Å²) in [5.41, 5.74) is 7.57. The standard InChI is InChI=1S/C17H23F2N3O2/c1-10(2)9-22(13-6-17(18,19)7-13)16-14(20)5-12(8-21-16)11(3)4-15(23)24/h4-5,8,10,13H,6-7,9,20H2,1-3H3,(H,23,24). The number of halogens is 2. The molecule has 0 spiro atoms. The molecule has 0 saturated heterocycles. The van der Waals surface area contributed by atoms with E-state index >= 15 is 0 Å². The Morgan fingerprint density at radius 3 is 2.62 bits per heavy atom. The van der Waals surface area contributed by atoms with Gasteiger partial charge in [-0.1, -0.05) is 13.8 Å². The van der Waals surface area contributed by atoms with E-state index in [9.17, 15) is 13.6 Å². The van der Waals surface area contributed by atoms with Crippen LogP contribution >= 0.6 is 0 Å². The fourth-order valence-electron chi connectivity index (χ4n) is 2.85. The fraction of sp³-hybridized carbons (Fsp3) is 0.529. The molecule has 0 radical (unpaired) electrons. The first kappa shape index (κ1) is 18.2. The van der Waals surface area contributed by atoms with Crippen LogP contribution in [0, 0.1) is 5.92 Å². The minimum atomic E-state index is -2.62. The Morgan fingerprint density at radius 2 is 2.17 bits per heavy atom. The number of aliphatic carboxylic acids is 1. The van der Waals surface area contributed by atoms with E-state index in [1.165, 1.54) is 6.20 Å². The van der Waals surface area contributed by atoms with Gasteiger partial charge < -0.3 is 15.7 Å². The van der Waals surface area contributed by atoms with Gasteiger partial charge >= 0.3 is 5.97 Å². The Labute approximate surface area is 140 Å². The number of nitrogen functional groups attached to an aromatic ring is 1. The molecule has 1 aromatic rings. The van der Waals surface area contributed by atoms with Crippen molar-refractivity contribution in [3.05, 3.63) is 23.9 Å². The lowest BCUT2D eigenvalue weighted by molar-refractivity contribution is -0.131. The highest BCUT2D eigenvalue weighted by molar-refractivity contribution is 5.90. The molecule has 1 aliphatic carbocycles. The summed E-state index contributed by atoms with van der Waals surface area (Å²) in [6, 6.07) is 1.36. The Bertz CT molecular complexity index is 651. The van der Waals surface area contributed by atoms with Crippen LogP contribution in [0.2, 0.25) is 0 Å². The number of anilines is 2. The number of aromatic nitrogens is 1. The lowest BCUT2D eigenvalue weighted by Gasteiger charge is -2.44. The first-order valence-electron chi connectivity index (χ1n) is 7.90. The molecule has 0 unspecified atom stereocenters. The van der Waals surface area contributed by atoms with Crippen molar-refractivity contribution in [2.45, 2.75) is 45.6 Å². The van der Waals surface area contributed by atoms with Crippen molar-refractivity contribution in [2.24, 2.45) is 5.92 Å². The van der Waals surface area contributed by atoms with Gasteiger partial charge in [0.25, 0.3) is 5.92 Å². The lowest BCUT2D eigenvalue weighted by atomic mass is 9.86. The summed E-state index contributed by atoms with van der Waals surface area (Å²) in [4.78, 5) is 16.9. The van der Waals surface area contributed by atoms with E-state index < -0.39 is 11.9 Å². The van der Waals surface area contributed by atoms with Crippen molar-refractivity contribution < 1.29 is 18.7 Å². The van der Waals surface area contributed by atoms with E-state index in [-0.39, 0.29) is 24.8 Å². The Hall–Kier alpha value is -2.18. The molecule has 0 aromatic carbocycles. The second-order valence-corrected chi connectivity index (χ2v) is 6.77. The van der Waals surface area contributed by atoms with Crippen molar-refractivity contribution in [3.63, 3.8) is 0 Å². The predicted molar refractivity (Wildman–Crippen MR) is 90.1 cm³/mol. The van der Waals surface area contributed by atoms with Crippen molar-refractivity contribution >= 4 is 23.0 Å². The molecule has 1 aromatic heterocycles. The maximum Gasteiger partial charge on any atom is 0.328 e. The number of alkyl halides is 2. The predicted octanol–water partition coefficient (Wildman–Crippen LogP) is 3.41. The van der Waals surface area contributed by atoms with Gasteiger partial charge in [0.05, 0.1) is 5.69 Å². The van der Waals surface area contributed by atoms with Crippen LogP contribution in [0.5, 0.6) is 0 Å². The van der Waals surface area contributed by atoms with Gasteiger partial charge in [-0.3, -0.25) is 0 Å². The number of rotatable bonds is 6. The average molecular weight is 339 g/mol. The Kier molecular flexibility index (Phi) is 5.11. The lowest BCUT2D eigenvalue weighted by Crippen LogP contribution is -2.52. The Balaban J connectivity index is 2.29. The van der Waals surface area contributed by atoms with Crippen molar-refractivity contribution in [2.75, 3.05) is 17.2 Å². The van der Waals surface area contributed by atoms with Crippen LogP contribution < -0.4 is 10.6 Å². The third-order valence-electron chi connectivity index (χ3n) is 4.03. The monoisotopic (exact) mass is 339 g/mol. The highest BCUT2D eigenvalue weighted by Crippen LogP contribution is 2.43. The molecule has 0 aliphatic heterocycles. The summed E-state index contributed by atoms with van der Waals surface area (Å²) >= 11 is 0. The van der Waals surface area contributed by atoms with Crippen LogP contribution in [0.3, 0.4) is 0 Å². The summed E-state index contributed by atoms with van der Waals surface area (Å²) in [5, 5.41) is 8.81. The molecule has 0 bridgehead atoms.